The zero-order valence-corrected chi connectivity index (χ0v) is 12.6. The van der Waals surface area contributed by atoms with Crippen molar-refractivity contribution in [1.82, 2.24) is 5.32 Å². The van der Waals surface area contributed by atoms with Crippen LogP contribution >= 0.6 is 11.8 Å². The van der Waals surface area contributed by atoms with Crippen molar-refractivity contribution < 1.29 is 13.6 Å². The van der Waals surface area contributed by atoms with E-state index in [9.17, 15) is 13.6 Å². The minimum absolute atomic E-state index is 0.108. The van der Waals surface area contributed by atoms with Crippen LogP contribution in [0, 0.1) is 5.92 Å². The van der Waals surface area contributed by atoms with Crippen molar-refractivity contribution in [2.75, 3.05) is 18.4 Å². The van der Waals surface area contributed by atoms with Crippen LogP contribution in [0.1, 0.15) is 25.7 Å². The molecule has 2 N–H and O–H groups in total. The van der Waals surface area contributed by atoms with Crippen LogP contribution in [0.15, 0.2) is 29.2 Å². The Kier molecular flexibility index (Phi) is 6.45. The van der Waals surface area contributed by atoms with Crippen LogP contribution < -0.4 is 10.6 Å². The number of benzene rings is 1. The largest absolute Gasteiger partial charge is 0.325 e. The number of rotatable bonds is 6. The van der Waals surface area contributed by atoms with Crippen molar-refractivity contribution in [2.24, 2.45) is 5.92 Å². The van der Waals surface area contributed by atoms with Crippen molar-refractivity contribution >= 4 is 23.4 Å². The Balaban J connectivity index is 1.84. The molecule has 1 aliphatic heterocycles. The minimum atomic E-state index is -2.49. The first-order valence-corrected chi connectivity index (χ1v) is 8.07. The van der Waals surface area contributed by atoms with Crippen LogP contribution in [0.25, 0.3) is 0 Å². The van der Waals surface area contributed by atoms with Crippen LogP contribution in [0.5, 0.6) is 0 Å². The molecular formula is C15H20F2N2OS. The summed E-state index contributed by atoms with van der Waals surface area (Å²) >= 11 is 0.455. The number of nitrogens with one attached hydrogen (secondary N) is 2. The van der Waals surface area contributed by atoms with E-state index in [1.165, 1.54) is 0 Å². The first-order valence-electron chi connectivity index (χ1n) is 7.19. The van der Waals surface area contributed by atoms with E-state index in [-0.39, 0.29) is 5.91 Å². The Hall–Kier alpha value is -1.14. The van der Waals surface area contributed by atoms with Gasteiger partial charge in [0.15, 0.2) is 0 Å². The van der Waals surface area contributed by atoms with E-state index in [1.807, 2.05) is 0 Å². The molecule has 21 heavy (non-hydrogen) atoms. The Bertz CT molecular complexity index is 465. The van der Waals surface area contributed by atoms with Gasteiger partial charge in [0.05, 0.1) is 5.69 Å². The highest BCUT2D eigenvalue weighted by molar-refractivity contribution is 7.99. The lowest BCUT2D eigenvalue weighted by atomic mass is 9.94. The molecule has 0 spiro atoms. The third kappa shape index (κ3) is 5.63. The second kappa shape index (κ2) is 8.34. The van der Waals surface area contributed by atoms with Crippen LogP contribution in [0.2, 0.25) is 0 Å². The van der Waals surface area contributed by atoms with Gasteiger partial charge in [0.25, 0.3) is 5.76 Å². The average Bonchev–Trinajstić information content (AvgIpc) is 2.48. The fourth-order valence-corrected chi connectivity index (χ4v) is 3.08. The van der Waals surface area contributed by atoms with E-state index in [0.29, 0.717) is 34.7 Å². The van der Waals surface area contributed by atoms with Crippen molar-refractivity contribution in [3.63, 3.8) is 0 Å². The third-order valence-corrected chi connectivity index (χ3v) is 4.34. The molecule has 1 saturated heterocycles. The summed E-state index contributed by atoms with van der Waals surface area (Å²) in [6, 6.07) is 6.67. The second-order valence-corrected chi connectivity index (χ2v) is 6.21. The van der Waals surface area contributed by atoms with Gasteiger partial charge in [-0.05, 0) is 50.4 Å². The number of alkyl halides is 2. The molecule has 3 nitrogen and oxygen atoms in total. The number of anilines is 1. The number of amides is 1. The van der Waals surface area contributed by atoms with E-state index < -0.39 is 5.76 Å². The fraction of sp³-hybridized carbons (Fsp3) is 0.533. The molecule has 1 unspecified atom stereocenters. The number of hydrogen-bond donors (Lipinski definition) is 2. The molecule has 1 amide bonds. The van der Waals surface area contributed by atoms with Crippen molar-refractivity contribution in [3.8, 4) is 0 Å². The summed E-state index contributed by atoms with van der Waals surface area (Å²) in [6.07, 6.45) is 3.57. The Morgan fingerprint density at radius 2 is 2.24 bits per heavy atom. The molecule has 1 atom stereocenters. The second-order valence-electron chi connectivity index (χ2n) is 5.17. The molecule has 0 aromatic heterocycles. The van der Waals surface area contributed by atoms with Crippen LogP contribution in [0.3, 0.4) is 0 Å². The lowest BCUT2D eigenvalue weighted by Crippen LogP contribution is -2.30. The minimum Gasteiger partial charge on any atom is -0.325 e. The van der Waals surface area contributed by atoms with E-state index in [0.717, 1.165) is 32.4 Å². The molecule has 1 fully saturated rings. The maximum absolute atomic E-state index is 12.5. The summed E-state index contributed by atoms with van der Waals surface area (Å²) < 4.78 is 24.9. The third-order valence-electron chi connectivity index (χ3n) is 3.56. The first kappa shape index (κ1) is 16.2. The lowest BCUT2D eigenvalue weighted by Gasteiger charge is -2.22. The quantitative estimate of drug-likeness (QED) is 0.786. The molecule has 1 aromatic rings. The number of carbonyl (C=O) groups is 1. The van der Waals surface area contributed by atoms with Gasteiger partial charge >= 0.3 is 0 Å². The average molecular weight is 314 g/mol. The number of carbonyl (C=O) groups excluding carboxylic acids is 1. The Morgan fingerprint density at radius 1 is 1.43 bits per heavy atom. The summed E-state index contributed by atoms with van der Waals surface area (Å²) in [5.74, 6) is -2.06. The molecule has 6 heteroatoms. The van der Waals surface area contributed by atoms with Gasteiger partial charge in [-0.15, -0.1) is 0 Å². The molecular weight excluding hydrogens is 294 g/mol. The fourth-order valence-electron chi connectivity index (χ4n) is 2.49. The first-order chi connectivity index (χ1) is 10.1. The van der Waals surface area contributed by atoms with Crippen molar-refractivity contribution in [3.05, 3.63) is 24.3 Å². The van der Waals surface area contributed by atoms with E-state index in [2.05, 4.69) is 10.6 Å². The van der Waals surface area contributed by atoms with Gasteiger partial charge < -0.3 is 10.6 Å². The molecule has 1 heterocycles. The topological polar surface area (TPSA) is 41.1 Å². The molecule has 0 bridgehead atoms. The molecule has 0 aliphatic carbocycles. The van der Waals surface area contributed by atoms with Gasteiger partial charge in [-0.1, -0.05) is 23.9 Å². The van der Waals surface area contributed by atoms with Gasteiger partial charge in [-0.3, -0.25) is 4.79 Å². The Morgan fingerprint density at radius 3 is 2.95 bits per heavy atom. The SMILES string of the molecule is O=C(CCC1CCCNC1)Nc1ccccc1SC(F)F. The monoisotopic (exact) mass is 314 g/mol. The number of thioether (sulfide) groups is 1. The maximum atomic E-state index is 12.5. The molecule has 0 saturated carbocycles. The predicted octanol–water partition coefficient (Wildman–Crippen LogP) is 3.72. The highest BCUT2D eigenvalue weighted by Crippen LogP contribution is 2.31. The molecule has 2 rings (SSSR count). The van der Waals surface area contributed by atoms with Crippen LogP contribution in [0.4, 0.5) is 14.5 Å². The highest BCUT2D eigenvalue weighted by Gasteiger charge is 2.16. The molecule has 0 radical (unpaired) electrons. The number of para-hydroxylation sites is 1. The lowest BCUT2D eigenvalue weighted by molar-refractivity contribution is -0.116. The summed E-state index contributed by atoms with van der Waals surface area (Å²) in [6.45, 7) is 2.02. The van der Waals surface area contributed by atoms with E-state index >= 15 is 0 Å². The van der Waals surface area contributed by atoms with Crippen molar-refractivity contribution in [1.29, 1.82) is 0 Å². The van der Waals surface area contributed by atoms with Gasteiger partial charge in [0, 0.05) is 11.3 Å². The smallest absolute Gasteiger partial charge is 0.288 e. The van der Waals surface area contributed by atoms with Gasteiger partial charge in [0.2, 0.25) is 5.91 Å². The predicted molar refractivity (Wildman–Crippen MR) is 81.8 cm³/mol. The van der Waals surface area contributed by atoms with Gasteiger partial charge in [-0.25, -0.2) is 0 Å². The standard InChI is InChI=1S/C15H20F2N2OS/c16-15(17)21-13-6-2-1-5-12(13)19-14(20)8-7-11-4-3-9-18-10-11/h1-2,5-6,11,15,18H,3-4,7-10H2,(H,19,20). The number of hydrogen-bond acceptors (Lipinski definition) is 3. The zero-order valence-electron chi connectivity index (χ0n) is 11.8. The Labute approximate surface area is 127 Å². The number of piperidine rings is 1. The number of halogens is 2. The van der Waals surface area contributed by atoms with E-state index in [4.69, 9.17) is 0 Å². The summed E-state index contributed by atoms with van der Waals surface area (Å²) in [5, 5.41) is 6.06. The summed E-state index contributed by atoms with van der Waals surface area (Å²) in [5.41, 5.74) is 0.467. The van der Waals surface area contributed by atoms with Crippen LogP contribution in [-0.4, -0.2) is 24.8 Å². The van der Waals surface area contributed by atoms with Crippen LogP contribution in [-0.2, 0) is 4.79 Å². The molecule has 1 aliphatic rings. The highest BCUT2D eigenvalue weighted by atomic mass is 32.2. The van der Waals surface area contributed by atoms with Crippen molar-refractivity contribution in [2.45, 2.75) is 36.3 Å². The van der Waals surface area contributed by atoms with Gasteiger partial charge in [-0.2, -0.15) is 8.78 Å². The molecule has 116 valence electrons. The maximum Gasteiger partial charge on any atom is 0.288 e. The normalized spacial score (nSPS) is 18.7. The van der Waals surface area contributed by atoms with Gasteiger partial charge in [0.1, 0.15) is 0 Å². The zero-order chi connectivity index (χ0) is 15.1. The molecule has 1 aromatic carbocycles. The summed E-state index contributed by atoms with van der Waals surface area (Å²) in [7, 11) is 0. The van der Waals surface area contributed by atoms with E-state index in [1.54, 1.807) is 24.3 Å². The summed E-state index contributed by atoms with van der Waals surface area (Å²) in [4.78, 5) is 12.4.